The van der Waals surface area contributed by atoms with Crippen LogP contribution in [0, 0.1) is 0 Å². The van der Waals surface area contributed by atoms with Gasteiger partial charge >= 0.3 is 0 Å². The first-order valence-electron chi connectivity index (χ1n) is 3.09. The van der Waals surface area contributed by atoms with Crippen LogP contribution in [-0.4, -0.2) is 16.4 Å². The minimum absolute atomic E-state index is 0.605. The van der Waals surface area contributed by atoms with Gasteiger partial charge in [0.15, 0.2) is 0 Å². The summed E-state index contributed by atoms with van der Waals surface area (Å²) < 4.78 is 6.82. The largest absolute Gasteiger partial charge is 0.476 e. The third kappa shape index (κ3) is 1.44. The van der Waals surface area contributed by atoms with Crippen molar-refractivity contribution in [2.75, 3.05) is 6.61 Å². The number of hydrogen-bond donors (Lipinski definition) is 1. The highest BCUT2D eigenvalue weighted by Gasteiger charge is 2.02. The molecule has 0 unspecified atom stereocenters. The van der Waals surface area contributed by atoms with Crippen LogP contribution in [0.25, 0.3) is 0 Å². The van der Waals surface area contributed by atoms with Crippen LogP contribution in [0.3, 0.4) is 0 Å². The number of rotatable bonds is 2. The molecule has 0 bridgehead atoms. The molecular weight excluding hydrogens is 148 g/mol. The van der Waals surface area contributed by atoms with Gasteiger partial charge in [0.1, 0.15) is 0 Å². The molecule has 0 aromatic carbocycles. The van der Waals surface area contributed by atoms with Crippen molar-refractivity contribution in [3.8, 4) is 5.88 Å². The molecule has 56 valence electrons. The first kappa shape index (κ1) is 7.47. The fourth-order valence-electron chi connectivity index (χ4n) is 0.695. The van der Waals surface area contributed by atoms with Gasteiger partial charge in [-0.15, -0.1) is 17.7 Å². The van der Waals surface area contributed by atoms with E-state index in [0.29, 0.717) is 12.5 Å². The van der Waals surface area contributed by atoms with E-state index < -0.39 is 0 Å². The van der Waals surface area contributed by atoms with Crippen LogP contribution in [0.2, 0.25) is 0 Å². The molecule has 0 amide bonds. The first-order valence-corrected chi connectivity index (χ1v) is 3.54. The maximum Gasteiger partial charge on any atom is 0.246 e. The molecule has 0 aliphatic carbocycles. The Kier molecular flexibility index (Phi) is 2.21. The van der Waals surface area contributed by atoms with Crippen molar-refractivity contribution < 1.29 is 4.74 Å². The van der Waals surface area contributed by atoms with Gasteiger partial charge in [0.2, 0.25) is 5.88 Å². The molecule has 0 atom stereocenters. The smallest absolute Gasteiger partial charge is 0.246 e. The topological polar surface area (TPSA) is 27.1 Å². The molecule has 0 spiro atoms. The van der Waals surface area contributed by atoms with Gasteiger partial charge in [0, 0.05) is 13.2 Å². The Balaban J connectivity index is 2.81. The summed E-state index contributed by atoms with van der Waals surface area (Å²) in [5.41, 5.74) is 0. The Hall–Kier alpha value is -0.640. The van der Waals surface area contributed by atoms with Crippen molar-refractivity contribution in [1.82, 2.24) is 9.78 Å². The van der Waals surface area contributed by atoms with Crippen LogP contribution < -0.4 is 4.74 Å². The predicted molar refractivity (Wildman–Crippen MR) is 41.6 cm³/mol. The zero-order valence-corrected chi connectivity index (χ0v) is 6.93. The Morgan fingerprint density at radius 3 is 2.90 bits per heavy atom. The summed E-state index contributed by atoms with van der Waals surface area (Å²) in [6.45, 7) is 2.55. The zero-order valence-electron chi connectivity index (χ0n) is 6.03. The second-order valence-electron chi connectivity index (χ2n) is 1.93. The van der Waals surface area contributed by atoms with Crippen molar-refractivity contribution in [2.24, 2.45) is 7.05 Å². The van der Waals surface area contributed by atoms with E-state index in [1.165, 1.54) is 0 Å². The maximum absolute atomic E-state index is 5.15. The van der Waals surface area contributed by atoms with Gasteiger partial charge in [-0.1, -0.05) is 0 Å². The number of aryl methyl sites for hydroxylation is 1. The highest BCUT2D eigenvalue weighted by atomic mass is 32.1. The molecule has 0 aliphatic rings. The van der Waals surface area contributed by atoms with Gasteiger partial charge in [-0.05, 0) is 6.92 Å². The van der Waals surface area contributed by atoms with Crippen LogP contribution >= 0.6 is 12.6 Å². The monoisotopic (exact) mass is 158 g/mol. The summed E-state index contributed by atoms with van der Waals surface area (Å²) in [5, 5.41) is 4.02. The fraction of sp³-hybridized carbons (Fsp3) is 0.500. The van der Waals surface area contributed by atoms with Crippen molar-refractivity contribution in [2.45, 2.75) is 11.8 Å². The van der Waals surface area contributed by atoms with Crippen LogP contribution in [0.1, 0.15) is 6.92 Å². The van der Waals surface area contributed by atoms with Crippen LogP contribution in [0.4, 0.5) is 0 Å². The first-order chi connectivity index (χ1) is 4.74. The molecule has 3 nitrogen and oxygen atoms in total. The zero-order chi connectivity index (χ0) is 7.56. The van der Waals surface area contributed by atoms with E-state index in [1.54, 1.807) is 10.9 Å². The molecule has 1 aromatic rings. The summed E-state index contributed by atoms with van der Waals surface area (Å²) >= 11 is 4.14. The molecule has 0 aliphatic heterocycles. The third-order valence-corrected chi connectivity index (χ3v) is 1.36. The molecule has 1 heterocycles. The van der Waals surface area contributed by atoms with E-state index in [4.69, 9.17) is 4.74 Å². The number of aromatic nitrogens is 2. The van der Waals surface area contributed by atoms with E-state index in [1.807, 2.05) is 14.0 Å². The fourth-order valence-corrected chi connectivity index (χ4v) is 0.971. The number of ether oxygens (including phenoxy) is 1. The molecule has 0 fully saturated rings. The minimum atomic E-state index is 0.605. The third-order valence-electron chi connectivity index (χ3n) is 1.06. The van der Waals surface area contributed by atoms with Crippen LogP contribution in [-0.2, 0) is 7.05 Å². The quantitative estimate of drug-likeness (QED) is 0.653. The molecule has 1 rings (SSSR count). The number of nitrogens with zero attached hydrogens (tertiary/aromatic N) is 2. The summed E-state index contributed by atoms with van der Waals surface area (Å²) in [6.07, 6.45) is 1.80. The molecular formula is C6H10N2OS. The highest BCUT2D eigenvalue weighted by molar-refractivity contribution is 7.80. The summed E-state index contributed by atoms with van der Waals surface area (Å²) in [7, 11) is 1.84. The second-order valence-corrected chi connectivity index (χ2v) is 2.41. The lowest BCUT2D eigenvalue weighted by atomic mass is 10.7. The Morgan fingerprint density at radius 2 is 2.50 bits per heavy atom. The Morgan fingerprint density at radius 1 is 1.80 bits per heavy atom. The number of thiol groups is 1. The highest BCUT2D eigenvalue weighted by Crippen LogP contribution is 2.18. The molecule has 4 heteroatoms. The average molecular weight is 158 g/mol. The van der Waals surface area contributed by atoms with E-state index in [2.05, 4.69) is 17.7 Å². The maximum atomic E-state index is 5.15. The standard InChI is InChI=1S/C6H10N2OS/c1-3-9-6-5(10)4-8(2)7-6/h4,10H,3H2,1-2H3. The number of hydrogen-bond acceptors (Lipinski definition) is 3. The van der Waals surface area contributed by atoms with Gasteiger partial charge in [-0.2, -0.15) is 0 Å². The van der Waals surface area contributed by atoms with Gasteiger partial charge in [-0.25, -0.2) is 0 Å². The van der Waals surface area contributed by atoms with Crippen molar-refractivity contribution in [3.05, 3.63) is 6.20 Å². The van der Waals surface area contributed by atoms with Crippen LogP contribution in [0.5, 0.6) is 5.88 Å². The van der Waals surface area contributed by atoms with Crippen molar-refractivity contribution in [3.63, 3.8) is 0 Å². The van der Waals surface area contributed by atoms with E-state index >= 15 is 0 Å². The molecule has 10 heavy (non-hydrogen) atoms. The molecule has 0 N–H and O–H groups in total. The van der Waals surface area contributed by atoms with E-state index in [-0.39, 0.29) is 0 Å². The SMILES string of the molecule is CCOc1nn(C)cc1S. The summed E-state index contributed by atoms with van der Waals surface area (Å²) in [5.74, 6) is 0.605. The predicted octanol–water partition coefficient (Wildman–Crippen LogP) is 1.11. The molecule has 0 saturated heterocycles. The lowest BCUT2D eigenvalue weighted by Gasteiger charge is -1.95. The van der Waals surface area contributed by atoms with Crippen LogP contribution in [0.15, 0.2) is 11.1 Å². The molecule has 0 radical (unpaired) electrons. The minimum Gasteiger partial charge on any atom is -0.476 e. The normalized spacial score (nSPS) is 9.90. The van der Waals surface area contributed by atoms with Crippen molar-refractivity contribution >= 4 is 12.6 Å². The summed E-state index contributed by atoms with van der Waals surface area (Å²) in [6, 6.07) is 0. The van der Waals surface area contributed by atoms with Gasteiger partial charge in [-0.3, -0.25) is 4.68 Å². The Bertz CT molecular complexity index is 222. The van der Waals surface area contributed by atoms with E-state index in [9.17, 15) is 0 Å². The molecule has 1 aromatic heterocycles. The van der Waals surface area contributed by atoms with Gasteiger partial charge in [0.25, 0.3) is 0 Å². The lowest BCUT2D eigenvalue weighted by Crippen LogP contribution is -1.94. The Labute approximate surface area is 65.4 Å². The second kappa shape index (κ2) is 2.96. The molecule has 0 saturated carbocycles. The van der Waals surface area contributed by atoms with E-state index in [0.717, 1.165) is 4.90 Å². The lowest BCUT2D eigenvalue weighted by molar-refractivity contribution is 0.316. The summed E-state index contributed by atoms with van der Waals surface area (Å²) in [4.78, 5) is 0.782. The average Bonchev–Trinajstić information content (AvgIpc) is 2.13. The van der Waals surface area contributed by atoms with Crippen molar-refractivity contribution in [1.29, 1.82) is 0 Å². The van der Waals surface area contributed by atoms with Gasteiger partial charge < -0.3 is 4.74 Å². The van der Waals surface area contributed by atoms with Gasteiger partial charge in [0.05, 0.1) is 11.5 Å².